The minimum Gasteiger partial charge on any atom is -0.508 e. The Morgan fingerprint density at radius 3 is 2.38 bits per heavy atom. The average molecular weight is 446 g/mol. The number of urea groups is 1. The summed E-state index contributed by atoms with van der Waals surface area (Å²) in [6.07, 6.45) is 3.79. The van der Waals surface area contributed by atoms with E-state index < -0.39 is 11.1 Å². The maximum Gasteiger partial charge on any atom is 0.327 e. The maximum absolute atomic E-state index is 13.1. The van der Waals surface area contributed by atoms with Crippen LogP contribution >= 0.6 is 0 Å². The molecule has 0 radical (unpaired) electrons. The summed E-state index contributed by atoms with van der Waals surface area (Å²) in [6, 6.07) is 5.21. The Balaban J connectivity index is 1.61. The molecule has 1 aromatic carbocycles. The highest BCUT2D eigenvalue weighted by Gasteiger charge is 2.59. The molecule has 0 unspecified atom stereocenters. The van der Waals surface area contributed by atoms with E-state index in [1.54, 1.807) is 11.0 Å². The lowest BCUT2D eigenvalue weighted by molar-refractivity contribution is -0.140. The number of imide groups is 1. The topological polar surface area (TPSA) is 84.3 Å². The molecule has 7 heteroatoms. The van der Waals surface area contributed by atoms with E-state index in [1.807, 2.05) is 33.0 Å². The predicted octanol–water partition coefficient (Wildman–Crippen LogP) is 3.30. The molecular weight excluding hydrogens is 406 g/mol. The van der Waals surface area contributed by atoms with Crippen LogP contribution in [0.1, 0.15) is 64.0 Å². The number of aryl methyl sites for hydroxylation is 2. The molecule has 1 saturated heterocycles. The van der Waals surface area contributed by atoms with Crippen molar-refractivity contribution in [3.05, 3.63) is 29.3 Å². The van der Waals surface area contributed by atoms with Gasteiger partial charge in [0.1, 0.15) is 11.3 Å². The van der Waals surface area contributed by atoms with Gasteiger partial charge in [0.2, 0.25) is 0 Å². The third kappa shape index (κ3) is 4.25. The van der Waals surface area contributed by atoms with Crippen molar-refractivity contribution in [3.8, 4) is 5.75 Å². The molecule has 1 atom stereocenters. The standard InChI is InChI=1S/C25H39N3O4/c1-6-27-22(30)24(28(7-2)23(27)31)12-14-25(32,15-13-24)19(4)26(5)16-8-9-20-17-21(29)11-10-18(20)3/h10-11,17,19,29,32H,6-9,12-16H2,1-5H3/t19-,24?,25?/m1/s1. The number of benzene rings is 1. The second-order valence-electron chi connectivity index (χ2n) is 9.58. The van der Waals surface area contributed by atoms with Crippen LogP contribution < -0.4 is 0 Å². The van der Waals surface area contributed by atoms with E-state index >= 15 is 0 Å². The highest BCUT2D eigenvalue weighted by molar-refractivity contribution is 6.07. The monoisotopic (exact) mass is 445 g/mol. The largest absolute Gasteiger partial charge is 0.508 e. The lowest BCUT2D eigenvalue weighted by atomic mass is 9.70. The molecule has 1 spiro atoms. The van der Waals surface area contributed by atoms with Gasteiger partial charge in [-0.05, 0) is 103 Å². The van der Waals surface area contributed by atoms with Gasteiger partial charge < -0.3 is 20.0 Å². The average Bonchev–Trinajstić information content (AvgIpc) is 2.97. The minimum atomic E-state index is -0.886. The van der Waals surface area contributed by atoms with Crippen LogP contribution in [0.2, 0.25) is 0 Å². The second kappa shape index (κ2) is 9.40. The zero-order valence-corrected chi connectivity index (χ0v) is 20.2. The summed E-state index contributed by atoms with van der Waals surface area (Å²) >= 11 is 0. The van der Waals surface area contributed by atoms with Gasteiger partial charge in [-0.15, -0.1) is 0 Å². The smallest absolute Gasteiger partial charge is 0.327 e. The van der Waals surface area contributed by atoms with Crippen molar-refractivity contribution in [1.29, 1.82) is 0 Å². The Morgan fingerprint density at radius 1 is 1.12 bits per heavy atom. The zero-order valence-electron chi connectivity index (χ0n) is 20.2. The molecule has 1 aliphatic carbocycles. The molecule has 1 aromatic rings. The molecule has 0 aromatic heterocycles. The molecule has 3 amide bonds. The molecule has 3 rings (SSSR count). The van der Waals surface area contributed by atoms with E-state index in [0.29, 0.717) is 44.5 Å². The Kier molecular flexibility index (Phi) is 7.20. The summed E-state index contributed by atoms with van der Waals surface area (Å²) in [5, 5.41) is 21.2. The van der Waals surface area contributed by atoms with Crippen molar-refractivity contribution in [2.75, 3.05) is 26.7 Å². The van der Waals surface area contributed by atoms with Gasteiger partial charge in [0.25, 0.3) is 5.91 Å². The van der Waals surface area contributed by atoms with Gasteiger partial charge >= 0.3 is 6.03 Å². The van der Waals surface area contributed by atoms with E-state index in [9.17, 15) is 19.8 Å². The summed E-state index contributed by atoms with van der Waals surface area (Å²) in [4.78, 5) is 31.0. The van der Waals surface area contributed by atoms with Crippen LogP contribution in [0.3, 0.4) is 0 Å². The molecule has 1 saturated carbocycles. The number of carbonyl (C=O) groups excluding carboxylic acids is 2. The molecular formula is C25H39N3O4. The molecule has 2 aliphatic rings. The summed E-state index contributed by atoms with van der Waals surface area (Å²) in [5.41, 5.74) is 0.642. The zero-order chi connectivity index (χ0) is 23.7. The predicted molar refractivity (Wildman–Crippen MR) is 125 cm³/mol. The minimum absolute atomic E-state index is 0.0605. The van der Waals surface area contributed by atoms with Crippen LogP contribution in [0.15, 0.2) is 18.2 Å². The molecule has 32 heavy (non-hydrogen) atoms. The summed E-state index contributed by atoms with van der Waals surface area (Å²) in [5.74, 6) is 0.192. The van der Waals surface area contributed by atoms with Gasteiger partial charge in [-0.25, -0.2) is 4.79 Å². The first-order valence-corrected chi connectivity index (χ1v) is 11.9. The number of likely N-dealkylation sites (N-methyl/N-ethyl adjacent to an activating group) is 3. The molecule has 1 aliphatic heterocycles. The summed E-state index contributed by atoms with van der Waals surface area (Å²) in [6.45, 7) is 9.56. The Morgan fingerprint density at radius 2 is 1.78 bits per heavy atom. The number of aliphatic hydroxyl groups is 1. The Labute approximate surface area is 192 Å². The van der Waals surface area contributed by atoms with E-state index in [1.165, 1.54) is 10.5 Å². The van der Waals surface area contributed by atoms with Crippen LogP contribution in [0.5, 0.6) is 5.75 Å². The van der Waals surface area contributed by atoms with Gasteiger partial charge in [-0.2, -0.15) is 0 Å². The molecule has 2 N–H and O–H groups in total. The lowest BCUT2D eigenvalue weighted by Gasteiger charge is -2.48. The van der Waals surface area contributed by atoms with Crippen molar-refractivity contribution in [2.24, 2.45) is 0 Å². The highest BCUT2D eigenvalue weighted by Crippen LogP contribution is 2.45. The fourth-order valence-corrected chi connectivity index (χ4v) is 5.55. The third-order valence-corrected chi connectivity index (χ3v) is 7.93. The van der Waals surface area contributed by atoms with Crippen molar-refractivity contribution < 1.29 is 19.8 Å². The normalized spacial score (nSPS) is 27.1. The van der Waals surface area contributed by atoms with E-state index in [2.05, 4.69) is 18.7 Å². The number of amides is 3. The van der Waals surface area contributed by atoms with Gasteiger partial charge in [0.15, 0.2) is 0 Å². The third-order valence-electron chi connectivity index (χ3n) is 7.93. The van der Waals surface area contributed by atoms with Gasteiger partial charge in [0, 0.05) is 19.1 Å². The van der Waals surface area contributed by atoms with E-state index in [0.717, 1.165) is 24.9 Å². The summed E-state index contributed by atoms with van der Waals surface area (Å²) < 4.78 is 0. The van der Waals surface area contributed by atoms with Crippen LogP contribution in [0.25, 0.3) is 0 Å². The van der Waals surface area contributed by atoms with Crippen LogP contribution in [-0.4, -0.2) is 80.7 Å². The van der Waals surface area contributed by atoms with Crippen molar-refractivity contribution in [2.45, 2.75) is 83.4 Å². The molecule has 1 heterocycles. The number of phenolic OH excluding ortho intramolecular Hbond substituents is 1. The number of carbonyl (C=O) groups is 2. The second-order valence-corrected chi connectivity index (χ2v) is 9.58. The molecule has 2 fully saturated rings. The van der Waals surface area contributed by atoms with Crippen LogP contribution in [0.4, 0.5) is 4.79 Å². The number of rotatable bonds is 8. The lowest BCUT2D eigenvalue weighted by Crippen LogP contribution is -2.59. The first kappa shape index (κ1) is 24.5. The number of aromatic hydroxyl groups is 1. The fourth-order valence-electron chi connectivity index (χ4n) is 5.55. The number of hydrogen-bond acceptors (Lipinski definition) is 5. The Bertz CT molecular complexity index is 848. The number of nitrogens with zero attached hydrogens (tertiary/aromatic N) is 3. The van der Waals surface area contributed by atoms with Crippen molar-refractivity contribution >= 4 is 11.9 Å². The first-order valence-electron chi connectivity index (χ1n) is 11.9. The van der Waals surface area contributed by atoms with Gasteiger partial charge in [-0.1, -0.05) is 6.07 Å². The van der Waals surface area contributed by atoms with Gasteiger partial charge in [0.05, 0.1) is 5.60 Å². The molecule has 178 valence electrons. The number of phenols is 1. The summed E-state index contributed by atoms with van der Waals surface area (Å²) in [7, 11) is 2.03. The van der Waals surface area contributed by atoms with Crippen molar-refractivity contribution in [3.63, 3.8) is 0 Å². The fraction of sp³-hybridized carbons (Fsp3) is 0.680. The van der Waals surface area contributed by atoms with E-state index in [-0.39, 0.29) is 18.0 Å². The quantitative estimate of drug-likeness (QED) is 0.600. The molecule has 0 bridgehead atoms. The maximum atomic E-state index is 13.1. The number of hydrogen-bond donors (Lipinski definition) is 2. The first-order chi connectivity index (χ1) is 15.1. The highest BCUT2D eigenvalue weighted by atomic mass is 16.3. The SMILES string of the molecule is CCN1C(=O)N(CC)C2(CCC(O)([C@@H](C)N(C)CCCc3cc(O)ccc3C)CC2)C1=O. The van der Waals surface area contributed by atoms with Crippen molar-refractivity contribution in [1.82, 2.24) is 14.7 Å². The Hall–Kier alpha value is -2.12. The van der Waals surface area contributed by atoms with Gasteiger partial charge in [-0.3, -0.25) is 9.69 Å². The van der Waals surface area contributed by atoms with E-state index in [4.69, 9.17) is 0 Å². The van der Waals surface area contributed by atoms with Crippen LogP contribution in [-0.2, 0) is 11.2 Å². The van der Waals surface area contributed by atoms with Crippen LogP contribution in [0, 0.1) is 6.92 Å². The molecule has 7 nitrogen and oxygen atoms in total.